The van der Waals surface area contributed by atoms with Crippen molar-refractivity contribution in [2.75, 3.05) is 0 Å². The molecule has 2 heterocycles. The van der Waals surface area contributed by atoms with E-state index in [-0.39, 0.29) is 72.8 Å². The van der Waals surface area contributed by atoms with E-state index in [4.69, 9.17) is 0 Å². The Morgan fingerprint density at radius 3 is 0.894 bits per heavy atom. The molecule has 0 unspecified atom stereocenters. The Bertz CT molecular complexity index is 5620. The van der Waals surface area contributed by atoms with E-state index in [9.17, 15) is 73.7 Å². The summed E-state index contributed by atoms with van der Waals surface area (Å²) in [5.41, 5.74) is 5.36. The minimum Gasteiger partial charge on any atom is -0.309 e. The smallest absolute Gasteiger partial charge is 0.309 e. The molecule has 0 radical (unpaired) electrons. The lowest BCUT2D eigenvalue weighted by Crippen LogP contribution is -2.11. The first-order chi connectivity index (χ1) is 45.4. The van der Waals surface area contributed by atoms with Crippen LogP contribution in [0.3, 0.4) is 0 Å². The topological polar surface area (TPSA) is 224 Å². The maximum absolute atomic E-state index is 15.0. The molecule has 0 fully saturated rings. The monoisotopic (exact) mass is 1230 g/mol. The molecule has 0 spiro atoms. The van der Waals surface area contributed by atoms with Gasteiger partial charge in [-0.1, -0.05) is 54.6 Å². The Hall–Kier alpha value is -14.0. The van der Waals surface area contributed by atoms with Gasteiger partial charge < -0.3 is 9.13 Å². The van der Waals surface area contributed by atoms with Gasteiger partial charge in [0.15, 0.2) is 0 Å². The number of fused-ring (bicyclic) bond motifs is 6. The van der Waals surface area contributed by atoms with E-state index in [2.05, 4.69) is 54.6 Å². The average Bonchev–Trinajstić information content (AvgIpc) is 1.53. The Balaban J connectivity index is 1.13. The first kappa shape index (κ1) is 59.0. The normalized spacial score (nSPS) is 11.2. The van der Waals surface area contributed by atoms with Crippen molar-refractivity contribution in [1.82, 2.24) is 9.13 Å². The minimum atomic E-state index is -5.25. The highest BCUT2D eigenvalue weighted by atomic mass is 19.4. The molecule has 17 heteroatoms. The van der Waals surface area contributed by atoms with Crippen molar-refractivity contribution in [3.63, 3.8) is 0 Å². The molecule has 0 atom stereocenters. The van der Waals surface area contributed by atoms with Crippen LogP contribution in [0.4, 0.5) is 26.3 Å². The van der Waals surface area contributed by atoms with Gasteiger partial charge in [0.2, 0.25) is 0 Å². The molecule has 0 aliphatic carbocycles. The van der Waals surface area contributed by atoms with Crippen LogP contribution in [0.15, 0.2) is 200 Å². The molecule has 438 valence electrons. The van der Waals surface area contributed by atoms with E-state index in [0.29, 0.717) is 112 Å². The van der Waals surface area contributed by atoms with Crippen molar-refractivity contribution in [1.29, 1.82) is 47.4 Å². The number of hydrogen-bond donors (Lipinski definition) is 0. The molecular formula is C77H33F6N11. The third-order valence-corrected chi connectivity index (χ3v) is 16.7. The summed E-state index contributed by atoms with van der Waals surface area (Å²) in [7, 11) is 0. The molecule has 0 saturated carbocycles. The van der Waals surface area contributed by atoms with Crippen molar-refractivity contribution in [3.05, 3.63) is 261 Å². The predicted molar refractivity (Wildman–Crippen MR) is 340 cm³/mol. The highest BCUT2D eigenvalue weighted by Gasteiger charge is 2.38. The van der Waals surface area contributed by atoms with E-state index < -0.39 is 29.0 Å². The zero-order chi connectivity index (χ0) is 65.9. The molecule has 0 aliphatic heterocycles. The van der Waals surface area contributed by atoms with Crippen LogP contribution in [0.1, 0.15) is 61.2 Å². The first-order valence-electron chi connectivity index (χ1n) is 28.4. The largest absolute Gasteiger partial charge is 0.416 e. The van der Waals surface area contributed by atoms with Gasteiger partial charge in [0.05, 0.1) is 144 Å². The number of aromatic nitrogens is 2. The predicted octanol–water partition coefficient (Wildman–Crippen LogP) is 18.8. The van der Waals surface area contributed by atoms with Crippen LogP contribution in [-0.4, -0.2) is 9.13 Å². The summed E-state index contributed by atoms with van der Waals surface area (Å²) in [5.74, 6) is 0. The highest BCUT2D eigenvalue weighted by Crippen LogP contribution is 2.47. The molecule has 0 bridgehead atoms. The van der Waals surface area contributed by atoms with Crippen LogP contribution in [0.25, 0.3) is 122 Å². The van der Waals surface area contributed by atoms with Gasteiger partial charge >= 0.3 is 12.4 Å². The number of halogens is 6. The maximum Gasteiger partial charge on any atom is 0.416 e. The van der Waals surface area contributed by atoms with Crippen molar-refractivity contribution in [2.24, 2.45) is 0 Å². The van der Waals surface area contributed by atoms with Crippen LogP contribution in [0.5, 0.6) is 0 Å². The van der Waals surface area contributed by atoms with Crippen molar-refractivity contribution < 1.29 is 26.3 Å². The van der Waals surface area contributed by atoms with Gasteiger partial charge in [-0.25, -0.2) is 0 Å². The number of rotatable bonds is 8. The minimum absolute atomic E-state index is 0.0460. The van der Waals surface area contributed by atoms with Gasteiger partial charge in [-0.05, 0) is 207 Å². The second-order valence-electron chi connectivity index (χ2n) is 21.9. The third-order valence-electron chi connectivity index (χ3n) is 16.7. The third kappa shape index (κ3) is 10.1. The Morgan fingerprint density at radius 2 is 0.564 bits per heavy atom. The van der Waals surface area contributed by atoms with Crippen LogP contribution >= 0.6 is 0 Å². The van der Waals surface area contributed by atoms with E-state index >= 15 is 0 Å². The summed E-state index contributed by atoms with van der Waals surface area (Å²) >= 11 is 0. The molecule has 0 amide bonds. The quantitative estimate of drug-likeness (QED) is 0.132. The van der Waals surface area contributed by atoms with Gasteiger partial charge in [-0.2, -0.15) is 73.7 Å². The molecule has 13 aromatic rings. The highest BCUT2D eigenvalue weighted by molar-refractivity contribution is 6.14. The lowest BCUT2D eigenvalue weighted by Gasteiger charge is -2.21. The molecular weight excluding hydrogens is 1190 g/mol. The van der Waals surface area contributed by atoms with Crippen LogP contribution in [0, 0.1) is 102 Å². The number of alkyl halides is 6. The molecule has 11 nitrogen and oxygen atoms in total. The van der Waals surface area contributed by atoms with Gasteiger partial charge in [0.1, 0.15) is 0 Å². The van der Waals surface area contributed by atoms with E-state index in [0.717, 1.165) is 0 Å². The molecule has 0 saturated heterocycles. The second-order valence-corrected chi connectivity index (χ2v) is 21.9. The molecule has 0 N–H and O–H groups in total. The molecule has 13 rings (SSSR count). The summed E-state index contributed by atoms with van der Waals surface area (Å²) in [4.78, 5) is 0. The maximum atomic E-state index is 15.0. The Morgan fingerprint density at radius 1 is 0.245 bits per heavy atom. The fourth-order valence-corrected chi connectivity index (χ4v) is 12.4. The fraction of sp³-hybridized carbons (Fsp3) is 0.0260. The van der Waals surface area contributed by atoms with E-state index in [1.807, 2.05) is 33.4 Å². The van der Waals surface area contributed by atoms with Crippen LogP contribution in [-0.2, 0) is 12.4 Å². The van der Waals surface area contributed by atoms with Gasteiger partial charge in [0, 0.05) is 32.8 Å². The van der Waals surface area contributed by atoms with Crippen molar-refractivity contribution in [2.45, 2.75) is 12.4 Å². The lowest BCUT2D eigenvalue weighted by atomic mass is 9.90. The van der Waals surface area contributed by atoms with Crippen LogP contribution < -0.4 is 0 Å². The summed E-state index contributed by atoms with van der Waals surface area (Å²) in [5, 5.41) is 93.4. The summed E-state index contributed by atoms with van der Waals surface area (Å²) < 4.78 is 93.7. The van der Waals surface area contributed by atoms with E-state index in [1.165, 1.54) is 42.5 Å². The van der Waals surface area contributed by atoms with Gasteiger partial charge in [-0.15, -0.1) is 0 Å². The van der Waals surface area contributed by atoms with Gasteiger partial charge in [0.25, 0.3) is 0 Å². The second kappa shape index (κ2) is 22.9. The summed E-state index contributed by atoms with van der Waals surface area (Å²) in [6.07, 6.45) is -10.5. The molecule has 94 heavy (non-hydrogen) atoms. The van der Waals surface area contributed by atoms with E-state index in [1.54, 1.807) is 115 Å². The number of nitriles is 9. The number of hydrogen-bond acceptors (Lipinski definition) is 9. The Labute approximate surface area is 530 Å². The molecule has 0 aliphatic rings. The summed E-state index contributed by atoms with van der Waals surface area (Å²) in [6.45, 7) is 0. The zero-order valence-electron chi connectivity index (χ0n) is 48.2. The lowest BCUT2D eigenvalue weighted by molar-refractivity contribution is -0.143. The fourth-order valence-electron chi connectivity index (χ4n) is 12.4. The van der Waals surface area contributed by atoms with Gasteiger partial charge in [-0.3, -0.25) is 0 Å². The van der Waals surface area contributed by atoms with Crippen molar-refractivity contribution in [3.8, 4) is 133 Å². The molecule has 2 aromatic heterocycles. The van der Waals surface area contributed by atoms with Crippen molar-refractivity contribution >= 4 is 43.6 Å². The molecule has 11 aromatic carbocycles. The summed E-state index contributed by atoms with van der Waals surface area (Å²) in [6, 6.07) is 70.1. The average molecular weight is 1230 g/mol. The number of benzene rings is 11. The first-order valence-corrected chi connectivity index (χ1v) is 28.4. The Kier molecular flexibility index (Phi) is 14.4. The zero-order valence-corrected chi connectivity index (χ0v) is 48.2. The number of nitrogens with zero attached hydrogens (tertiary/aromatic N) is 11. The SMILES string of the molecule is N#Cc1ccc(-c2ccc3c(c2)c2cc(-c4ccc(C#N)cc4C#N)ccc2n3-c2ccc(-c3cc(C(F)(F)F)cc(C(F)(F)F)c3)c(-c3cc(C#N)ccc3-n3c4ccc(-c5ccc(C#N)cc5C#N)cc4c4cc(-c5ccc(C#N)cc5C#N)ccc43)c2)c(C#N)c1. The van der Waals surface area contributed by atoms with Crippen LogP contribution in [0.2, 0.25) is 0 Å². The standard InChI is InChI=1S/C77H33F6N11/c78-76(79,80)57-26-52(27-58(32-57)77(81,82)83)64-15-10-59(93-71-17-6-48(60-11-1-43(34-84)21-53(60)39-89)28-67(71)68-29-49(7-18-72(68)93)61-12-2-44(35-85)22-54(61)40-90)33-65(64)66-25-47(38-88)5-16-73(66)94-74-19-8-50(62-13-3-45(36-86)23-55(62)41-91)30-69(74)70-31-51(9-20-75(70)94)63-14-4-46(37-87)24-56(63)42-92/h1-33H.